The average molecular weight is 308 g/mol. The lowest BCUT2D eigenvalue weighted by Crippen LogP contribution is -2.36. The molecule has 0 saturated carbocycles. The predicted octanol–water partition coefficient (Wildman–Crippen LogP) is 1.94. The van der Waals surface area contributed by atoms with Crippen molar-refractivity contribution in [1.82, 2.24) is 20.2 Å². The molecule has 1 aliphatic heterocycles. The van der Waals surface area contributed by atoms with Crippen molar-refractivity contribution in [3.05, 3.63) is 18.0 Å². The van der Waals surface area contributed by atoms with Crippen LogP contribution >= 0.6 is 11.8 Å². The Kier molecular flexibility index (Phi) is 5.22. The van der Waals surface area contributed by atoms with Crippen molar-refractivity contribution in [3.63, 3.8) is 0 Å². The van der Waals surface area contributed by atoms with Crippen LogP contribution in [0.3, 0.4) is 0 Å². The van der Waals surface area contributed by atoms with E-state index in [2.05, 4.69) is 36.1 Å². The normalized spacial score (nSPS) is 19.3. The third-order valence-corrected chi connectivity index (χ3v) is 3.91. The summed E-state index contributed by atoms with van der Waals surface area (Å²) in [5.41, 5.74) is 1.20. The van der Waals surface area contributed by atoms with Crippen LogP contribution in [0.25, 0.3) is 0 Å². The maximum absolute atomic E-state index is 12.0. The van der Waals surface area contributed by atoms with Crippen LogP contribution in [-0.2, 0) is 11.3 Å². The highest BCUT2D eigenvalue weighted by Gasteiger charge is 2.31. The molecule has 1 aliphatic rings. The van der Waals surface area contributed by atoms with Gasteiger partial charge in [0, 0.05) is 50.1 Å². The molecule has 116 valence electrons. The van der Waals surface area contributed by atoms with Gasteiger partial charge in [-0.05, 0) is 11.7 Å². The second-order valence-electron chi connectivity index (χ2n) is 6.69. The molecule has 1 fully saturated rings. The molecule has 0 aromatic carbocycles. The number of carbonyl (C=O) groups excluding carboxylic acids is 1. The zero-order chi connectivity index (χ0) is 15.5. The first-order valence-corrected chi connectivity index (χ1v) is 8.46. The second kappa shape index (κ2) is 6.75. The molecule has 5 nitrogen and oxygen atoms in total. The third-order valence-electron chi connectivity index (χ3n) is 3.34. The lowest BCUT2D eigenvalue weighted by atomic mass is 9.96. The molecule has 0 radical (unpaired) electrons. The minimum atomic E-state index is 0.145. The standard InChI is InChI=1S/C15H24N4OS/c1-15(2,3)10-19-9-12(5-13(19)20)16-6-11-7-17-14(21-4)18-8-11/h7-8,12,16H,5-6,9-10H2,1-4H3/t12-/m0/s1. The Morgan fingerprint density at radius 1 is 1.38 bits per heavy atom. The summed E-state index contributed by atoms with van der Waals surface area (Å²) in [5, 5.41) is 4.22. The number of nitrogens with one attached hydrogen (secondary N) is 1. The molecule has 21 heavy (non-hydrogen) atoms. The van der Waals surface area contributed by atoms with Crippen LogP contribution in [0.15, 0.2) is 17.6 Å². The zero-order valence-electron chi connectivity index (χ0n) is 13.2. The minimum Gasteiger partial charge on any atom is -0.341 e. The van der Waals surface area contributed by atoms with E-state index in [0.29, 0.717) is 13.0 Å². The Bertz CT molecular complexity index is 483. The van der Waals surface area contributed by atoms with Gasteiger partial charge in [-0.15, -0.1) is 0 Å². The molecule has 6 heteroatoms. The molecule has 2 rings (SSSR count). The highest BCUT2D eigenvalue weighted by molar-refractivity contribution is 7.98. The van der Waals surface area contributed by atoms with E-state index in [4.69, 9.17) is 0 Å². The maximum Gasteiger partial charge on any atom is 0.224 e. The fourth-order valence-electron chi connectivity index (χ4n) is 2.44. The fourth-order valence-corrected chi connectivity index (χ4v) is 2.75. The van der Waals surface area contributed by atoms with Crippen LogP contribution in [0.4, 0.5) is 0 Å². The van der Waals surface area contributed by atoms with E-state index >= 15 is 0 Å². The highest BCUT2D eigenvalue weighted by atomic mass is 32.2. The van der Waals surface area contributed by atoms with Gasteiger partial charge in [-0.1, -0.05) is 32.5 Å². The van der Waals surface area contributed by atoms with Crippen LogP contribution < -0.4 is 5.32 Å². The first kappa shape index (κ1) is 16.2. The summed E-state index contributed by atoms with van der Waals surface area (Å²) in [6, 6.07) is 0.222. The first-order valence-electron chi connectivity index (χ1n) is 7.23. The van der Waals surface area contributed by atoms with Crippen molar-refractivity contribution >= 4 is 17.7 Å². The summed E-state index contributed by atoms with van der Waals surface area (Å²) in [5.74, 6) is 0.247. The van der Waals surface area contributed by atoms with Crippen LogP contribution in [0.2, 0.25) is 0 Å². The van der Waals surface area contributed by atoms with Crippen LogP contribution in [0.1, 0.15) is 32.8 Å². The Hall–Kier alpha value is -1.14. The fraction of sp³-hybridized carbons (Fsp3) is 0.667. The summed E-state index contributed by atoms with van der Waals surface area (Å²) in [6.07, 6.45) is 6.23. The number of likely N-dealkylation sites (tertiary alicyclic amines) is 1. The van der Waals surface area contributed by atoms with Gasteiger partial charge in [0.2, 0.25) is 5.91 Å². The SMILES string of the molecule is CSc1ncc(CN[C@H]2CC(=O)N(CC(C)(C)C)C2)cn1. The van der Waals surface area contributed by atoms with Gasteiger partial charge >= 0.3 is 0 Å². The maximum atomic E-state index is 12.0. The van der Waals surface area contributed by atoms with Crippen molar-refractivity contribution in [3.8, 4) is 0 Å². The number of aromatic nitrogens is 2. The van der Waals surface area contributed by atoms with Crippen molar-refractivity contribution in [2.75, 3.05) is 19.3 Å². The number of rotatable bonds is 5. The Balaban J connectivity index is 1.83. The third kappa shape index (κ3) is 4.97. The van der Waals surface area contributed by atoms with Crippen molar-refractivity contribution in [2.24, 2.45) is 5.41 Å². The molecule has 0 bridgehead atoms. The van der Waals surface area contributed by atoms with E-state index in [1.807, 2.05) is 23.5 Å². The molecule has 0 unspecified atom stereocenters. The predicted molar refractivity (Wildman–Crippen MR) is 85.1 cm³/mol. The topological polar surface area (TPSA) is 58.1 Å². The largest absolute Gasteiger partial charge is 0.341 e. The lowest BCUT2D eigenvalue weighted by Gasteiger charge is -2.26. The Morgan fingerprint density at radius 3 is 2.62 bits per heavy atom. The summed E-state index contributed by atoms with van der Waals surface area (Å²) in [4.78, 5) is 22.5. The molecular weight excluding hydrogens is 284 g/mol. The van der Waals surface area contributed by atoms with Gasteiger partial charge < -0.3 is 10.2 Å². The number of thioether (sulfide) groups is 1. The number of hydrogen-bond donors (Lipinski definition) is 1. The highest BCUT2D eigenvalue weighted by Crippen LogP contribution is 2.20. The molecule has 2 heterocycles. The zero-order valence-corrected chi connectivity index (χ0v) is 14.0. The summed E-state index contributed by atoms with van der Waals surface area (Å²) in [6.45, 7) is 8.79. The van der Waals surface area contributed by atoms with Gasteiger partial charge in [0.25, 0.3) is 0 Å². The monoisotopic (exact) mass is 308 g/mol. The van der Waals surface area contributed by atoms with E-state index in [1.165, 1.54) is 11.8 Å². The molecule has 1 aromatic rings. The molecule has 1 amide bonds. The average Bonchev–Trinajstić information content (AvgIpc) is 2.75. The Morgan fingerprint density at radius 2 is 2.05 bits per heavy atom. The summed E-state index contributed by atoms with van der Waals surface area (Å²) >= 11 is 1.53. The van der Waals surface area contributed by atoms with Crippen LogP contribution in [-0.4, -0.2) is 46.2 Å². The number of hydrogen-bond acceptors (Lipinski definition) is 5. The molecular formula is C15H24N4OS. The van der Waals surface area contributed by atoms with Gasteiger partial charge in [0.05, 0.1) is 0 Å². The molecule has 0 spiro atoms. The Labute approximate surface area is 130 Å². The van der Waals surface area contributed by atoms with Gasteiger partial charge in [0.1, 0.15) is 0 Å². The van der Waals surface area contributed by atoms with Gasteiger partial charge in [0.15, 0.2) is 5.16 Å². The van der Waals surface area contributed by atoms with Crippen LogP contribution in [0, 0.1) is 5.41 Å². The quantitative estimate of drug-likeness (QED) is 0.665. The van der Waals surface area contributed by atoms with Crippen LogP contribution in [0.5, 0.6) is 0 Å². The second-order valence-corrected chi connectivity index (χ2v) is 7.47. The molecule has 1 aromatic heterocycles. The van der Waals surface area contributed by atoms with Crippen molar-refractivity contribution in [1.29, 1.82) is 0 Å². The number of amides is 1. The number of carbonyl (C=O) groups is 1. The van der Waals surface area contributed by atoms with Gasteiger partial charge in [-0.2, -0.15) is 0 Å². The van der Waals surface area contributed by atoms with Gasteiger partial charge in [-0.3, -0.25) is 4.79 Å². The number of nitrogens with zero attached hydrogens (tertiary/aromatic N) is 3. The lowest BCUT2D eigenvalue weighted by molar-refractivity contribution is -0.128. The van der Waals surface area contributed by atoms with E-state index < -0.39 is 0 Å². The molecule has 1 N–H and O–H groups in total. The van der Waals surface area contributed by atoms with Gasteiger partial charge in [-0.25, -0.2) is 9.97 Å². The molecule has 0 aliphatic carbocycles. The molecule has 1 atom stereocenters. The van der Waals surface area contributed by atoms with E-state index in [-0.39, 0.29) is 17.4 Å². The first-order chi connectivity index (χ1) is 9.87. The van der Waals surface area contributed by atoms with Crippen molar-refractivity contribution < 1.29 is 4.79 Å². The summed E-state index contributed by atoms with van der Waals surface area (Å²) < 4.78 is 0. The van der Waals surface area contributed by atoms with E-state index in [9.17, 15) is 4.79 Å². The minimum absolute atomic E-state index is 0.145. The summed E-state index contributed by atoms with van der Waals surface area (Å²) in [7, 11) is 0. The van der Waals surface area contributed by atoms with Crippen molar-refractivity contribution in [2.45, 2.75) is 44.9 Å². The molecule has 1 saturated heterocycles. The smallest absolute Gasteiger partial charge is 0.224 e. The van der Waals surface area contributed by atoms with E-state index in [1.54, 1.807) is 0 Å². The van der Waals surface area contributed by atoms with E-state index in [0.717, 1.165) is 23.8 Å².